The van der Waals surface area contributed by atoms with Gasteiger partial charge in [0.1, 0.15) is 0 Å². The molecule has 16 heavy (non-hydrogen) atoms. The summed E-state index contributed by atoms with van der Waals surface area (Å²) in [7, 11) is 0. The van der Waals surface area contributed by atoms with Crippen molar-refractivity contribution in [2.24, 2.45) is 0 Å². The van der Waals surface area contributed by atoms with Crippen LogP contribution in [-0.4, -0.2) is 29.2 Å². The number of Topliss-reactive ketones (excluding diaryl/α,β-unsaturated/α-hetero) is 1. The van der Waals surface area contributed by atoms with Crippen LogP contribution in [0.15, 0.2) is 30.3 Å². The molecule has 2 rings (SSSR count). The van der Waals surface area contributed by atoms with Gasteiger partial charge in [0.05, 0.1) is 6.54 Å². The summed E-state index contributed by atoms with van der Waals surface area (Å²) in [6.45, 7) is 2.20. The normalized spacial score (nSPS) is 20.2. The minimum absolute atomic E-state index is 0.0164. The van der Waals surface area contributed by atoms with E-state index in [2.05, 4.69) is 0 Å². The minimum atomic E-state index is 0.0164. The molecule has 0 radical (unpaired) electrons. The highest BCUT2D eigenvalue weighted by Gasteiger charge is 2.28. The van der Waals surface area contributed by atoms with Crippen LogP contribution >= 0.6 is 0 Å². The number of benzene rings is 1. The standard InChI is InChI=1S/C13H15NO2/c1-10-7-8-13(16)14(10)9-12(15)11-5-3-2-4-6-11/h2-6,10H,7-9H2,1H3. The summed E-state index contributed by atoms with van der Waals surface area (Å²) in [5, 5.41) is 0. The van der Waals surface area contributed by atoms with Crippen LogP contribution in [0.25, 0.3) is 0 Å². The lowest BCUT2D eigenvalue weighted by atomic mass is 10.1. The highest BCUT2D eigenvalue weighted by Crippen LogP contribution is 2.18. The third-order valence-electron chi connectivity index (χ3n) is 3.04. The molecule has 84 valence electrons. The Hall–Kier alpha value is -1.64. The van der Waals surface area contributed by atoms with Crippen molar-refractivity contribution in [3.8, 4) is 0 Å². The first-order valence-electron chi connectivity index (χ1n) is 5.56. The van der Waals surface area contributed by atoms with Crippen molar-refractivity contribution in [3.63, 3.8) is 0 Å². The molecule has 1 fully saturated rings. The Morgan fingerprint density at radius 3 is 2.62 bits per heavy atom. The molecule has 0 aromatic heterocycles. The van der Waals surface area contributed by atoms with Crippen molar-refractivity contribution < 1.29 is 9.59 Å². The Morgan fingerprint density at radius 2 is 2.06 bits per heavy atom. The number of carbonyl (C=O) groups is 2. The summed E-state index contributed by atoms with van der Waals surface area (Å²) >= 11 is 0. The number of amides is 1. The van der Waals surface area contributed by atoms with Gasteiger partial charge in [-0.1, -0.05) is 30.3 Å². The second-order valence-corrected chi connectivity index (χ2v) is 4.20. The minimum Gasteiger partial charge on any atom is -0.332 e. The van der Waals surface area contributed by atoms with Gasteiger partial charge in [0.15, 0.2) is 5.78 Å². The zero-order valence-electron chi connectivity index (χ0n) is 9.35. The fourth-order valence-electron chi connectivity index (χ4n) is 1.99. The Labute approximate surface area is 95.1 Å². The molecule has 3 heteroatoms. The summed E-state index contributed by atoms with van der Waals surface area (Å²) < 4.78 is 0. The van der Waals surface area contributed by atoms with Gasteiger partial charge in [-0.15, -0.1) is 0 Å². The maximum Gasteiger partial charge on any atom is 0.223 e. The molecule has 1 aromatic rings. The van der Waals surface area contributed by atoms with Crippen LogP contribution in [0.4, 0.5) is 0 Å². The van der Waals surface area contributed by atoms with Crippen LogP contribution in [0.5, 0.6) is 0 Å². The predicted octanol–water partition coefficient (Wildman–Crippen LogP) is 1.88. The third kappa shape index (κ3) is 2.13. The quantitative estimate of drug-likeness (QED) is 0.725. The zero-order valence-corrected chi connectivity index (χ0v) is 9.35. The van der Waals surface area contributed by atoms with E-state index in [0.29, 0.717) is 12.0 Å². The summed E-state index contributed by atoms with van der Waals surface area (Å²) in [5.74, 6) is 0.111. The highest BCUT2D eigenvalue weighted by molar-refractivity contribution is 5.99. The van der Waals surface area contributed by atoms with Crippen LogP contribution in [-0.2, 0) is 4.79 Å². The van der Waals surface area contributed by atoms with Crippen LogP contribution in [0, 0.1) is 0 Å². The number of ketones is 1. The van der Waals surface area contributed by atoms with Crippen LogP contribution < -0.4 is 0 Å². The molecule has 0 bridgehead atoms. The van der Waals surface area contributed by atoms with Gasteiger partial charge in [0.2, 0.25) is 5.91 Å². The van der Waals surface area contributed by atoms with Gasteiger partial charge in [-0.3, -0.25) is 9.59 Å². The number of carbonyl (C=O) groups excluding carboxylic acids is 2. The van der Waals surface area contributed by atoms with E-state index in [-0.39, 0.29) is 24.3 Å². The molecule has 1 aliphatic heterocycles. The summed E-state index contributed by atoms with van der Waals surface area (Å²) in [6, 6.07) is 9.31. The van der Waals surface area contributed by atoms with E-state index >= 15 is 0 Å². The molecule has 1 unspecified atom stereocenters. The maximum absolute atomic E-state index is 11.9. The molecule has 0 spiro atoms. The summed E-state index contributed by atoms with van der Waals surface area (Å²) in [6.07, 6.45) is 1.43. The summed E-state index contributed by atoms with van der Waals surface area (Å²) in [5.41, 5.74) is 0.675. The second kappa shape index (κ2) is 4.47. The highest BCUT2D eigenvalue weighted by atomic mass is 16.2. The van der Waals surface area contributed by atoms with Crippen LogP contribution in [0.3, 0.4) is 0 Å². The molecule has 1 amide bonds. The van der Waals surface area contributed by atoms with Crippen LogP contribution in [0.2, 0.25) is 0 Å². The lowest BCUT2D eigenvalue weighted by Crippen LogP contribution is -2.35. The molecule has 1 atom stereocenters. The average molecular weight is 217 g/mol. The molecule has 1 saturated heterocycles. The Balaban J connectivity index is 2.05. The van der Waals surface area contributed by atoms with Gasteiger partial charge < -0.3 is 4.90 Å². The number of hydrogen-bond donors (Lipinski definition) is 0. The largest absolute Gasteiger partial charge is 0.332 e. The topological polar surface area (TPSA) is 37.4 Å². The smallest absolute Gasteiger partial charge is 0.223 e. The number of nitrogens with zero attached hydrogens (tertiary/aromatic N) is 1. The van der Waals surface area contributed by atoms with E-state index in [9.17, 15) is 9.59 Å². The van der Waals surface area contributed by atoms with E-state index in [1.807, 2.05) is 25.1 Å². The maximum atomic E-state index is 11.9. The van der Waals surface area contributed by atoms with Gasteiger partial charge in [-0.05, 0) is 13.3 Å². The number of rotatable bonds is 3. The first kappa shape index (κ1) is 10.9. The molecule has 3 nitrogen and oxygen atoms in total. The summed E-state index contributed by atoms with van der Waals surface area (Å²) in [4.78, 5) is 25.1. The number of likely N-dealkylation sites (tertiary alicyclic amines) is 1. The van der Waals surface area contributed by atoms with Crippen molar-refractivity contribution in [2.45, 2.75) is 25.8 Å². The fraction of sp³-hybridized carbons (Fsp3) is 0.385. The molecule has 1 aromatic carbocycles. The van der Waals surface area contributed by atoms with Crippen LogP contribution in [0.1, 0.15) is 30.1 Å². The Morgan fingerprint density at radius 1 is 1.38 bits per heavy atom. The lowest BCUT2D eigenvalue weighted by Gasteiger charge is -2.20. The van der Waals surface area contributed by atoms with Gasteiger partial charge in [0, 0.05) is 18.0 Å². The molecule has 0 N–H and O–H groups in total. The molecular formula is C13H15NO2. The van der Waals surface area contributed by atoms with Gasteiger partial charge in [-0.25, -0.2) is 0 Å². The van der Waals surface area contributed by atoms with E-state index in [4.69, 9.17) is 0 Å². The van der Waals surface area contributed by atoms with E-state index in [0.717, 1.165) is 6.42 Å². The molecule has 1 aliphatic rings. The van der Waals surface area contributed by atoms with Gasteiger partial charge in [-0.2, -0.15) is 0 Å². The molecule has 1 heterocycles. The van der Waals surface area contributed by atoms with Crippen molar-refractivity contribution in [1.82, 2.24) is 4.90 Å². The van der Waals surface area contributed by atoms with E-state index < -0.39 is 0 Å². The van der Waals surface area contributed by atoms with Crippen molar-refractivity contribution >= 4 is 11.7 Å². The second-order valence-electron chi connectivity index (χ2n) is 4.20. The fourth-order valence-corrected chi connectivity index (χ4v) is 1.99. The first-order chi connectivity index (χ1) is 7.68. The van der Waals surface area contributed by atoms with Crippen molar-refractivity contribution in [3.05, 3.63) is 35.9 Å². The molecule has 0 saturated carbocycles. The van der Waals surface area contributed by atoms with E-state index in [1.165, 1.54) is 0 Å². The average Bonchev–Trinajstić information content (AvgIpc) is 2.62. The van der Waals surface area contributed by atoms with Gasteiger partial charge >= 0.3 is 0 Å². The monoisotopic (exact) mass is 217 g/mol. The number of hydrogen-bond acceptors (Lipinski definition) is 2. The molecule has 0 aliphatic carbocycles. The first-order valence-corrected chi connectivity index (χ1v) is 5.56. The van der Waals surface area contributed by atoms with E-state index in [1.54, 1.807) is 17.0 Å². The molecular weight excluding hydrogens is 202 g/mol. The predicted molar refractivity (Wildman–Crippen MR) is 61.2 cm³/mol. The van der Waals surface area contributed by atoms with Crippen molar-refractivity contribution in [2.75, 3.05) is 6.54 Å². The Kier molecular flexibility index (Phi) is 3.04. The van der Waals surface area contributed by atoms with Crippen molar-refractivity contribution in [1.29, 1.82) is 0 Å². The lowest BCUT2D eigenvalue weighted by molar-refractivity contribution is -0.128. The zero-order chi connectivity index (χ0) is 11.5. The SMILES string of the molecule is CC1CCC(=O)N1CC(=O)c1ccccc1. The van der Waals surface area contributed by atoms with Gasteiger partial charge in [0.25, 0.3) is 0 Å². The Bertz CT molecular complexity index is 400. The third-order valence-corrected chi connectivity index (χ3v) is 3.04.